The summed E-state index contributed by atoms with van der Waals surface area (Å²) in [6.45, 7) is 7.82. The van der Waals surface area contributed by atoms with Gasteiger partial charge in [0.05, 0.1) is 58.0 Å². The molecule has 3 aliphatic rings. The molecule has 3 heterocycles. The smallest absolute Gasteiger partial charge is 0.157 e. The van der Waals surface area contributed by atoms with E-state index in [0.29, 0.717) is 59.2 Å². The molecule has 0 aliphatic carbocycles. The predicted octanol–water partition coefficient (Wildman–Crippen LogP) is 1.47. The van der Waals surface area contributed by atoms with E-state index in [9.17, 15) is 0 Å². The van der Waals surface area contributed by atoms with Gasteiger partial charge in [0, 0.05) is 19.5 Å². The average Bonchev–Trinajstić information content (AvgIpc) is 2.74. The van der Waals surface area contributed by atoms with Crippen molar-refractivity contribution in [3.8, 4) is 11.8 Å². The molecule has 0 bridgehead atoms. The second-order valence-corrected chi connectivity index (χ2v) is 6.43. The Hall–Kier alpha value is -1.98. The van der Waals surface area contributed by atoms with Crippen LogP contribution in [0.4, 0.5) is 0 Å². The maximum absolute atomic E-state index is 5.76. The van der Waals surface area contributed by atoms with Gasteiger partial charge in [-0.05, 0) is 12.2 Å². The molecular formula is C21H29NO6. The van der Waals surface area contributed by atoms with Crippen molar-refractivity contribution in [2.75, 3.05) is 79.1 Å². The van der Waals surface area contributed by atoms with E-state index in [0.717, 1.165) is 43.4 Å². The quantitative estimate of drug-likeness (QED) is 0.628. The molecule has 0 unspecified atom stereocenters. The minimum absolute atomic E-state index is 0.468. The Morgan fingerprint density at radius 3 is 2.43 bits per heavy atom. The third-order valence-corrected chi connectivity index (χ3v) is 4.35. The normalized spacial score (nSPS) is 25.8. The van der Waals surface area contributed by atoms with E-state index in [1.165, 1.54) is 0 Å². The summed E-state index contributed by atoms with van der Waals surface area (Å²) in [4.78, 5) is 2.28. The van der Waals surface area contributed by atoms with E-state index in [1.54, 1.807) is 6.26 Å². The molecule has 28 heavy (non-hydrogen) atoms. The summed E-state index contributed by atoms with van der Waals surface area (Å²) in [5.74, 6) is 7.94. The van der Waals surface area contributed by atoms with Crippen molar-refractivity contribution in [1.29, 1.82) is 0 Å². The fourth-order valence-corrected chi connectivity index (χ4v) is 2.84. The molecule has 7 nitrogen and oxygen atoms in total. The van der Waals surface area contributed by atoms with Crippen molar-refractivity contribution in [2.45, 2.75) is 6.42 Å². The zero-order valence-corrected chi connectivity index (χ0v) is 16.3. The van der Waals surface area contributed by atoms with Crippen molar-refractivity contribution >= 4 is 0 Å². The number of nitrogens with zero attached hydrogens (tertiary/aromatic N) is 1. The summed E-state index contributed by atoms with van der Waals surface area (Å²) in [5.41, 5.74) is 0.778. The van der Waals surface area contributed by atoms with Gasteiger partial charge in [-0.15, -0.1) is 0 Å². The van der Waals surface area contributed by atoms with Gasteiger partial charge >= 0.3 is 0 Å². The Labute approximate surface area is 166 Å². The zero-order chi connectivity index (χ0) is 19.3. The minimum Gasteiger partial charge on any atom is -0.497 e. The lowest BCUT2D eigenvalue weighted by atomic mass is 10.2. The molecule has 7 heteroatoms. The van der Waals surface area contributed by atoms with Crippen LogP contribution in [-0.2, 0) is 28.4 Å². The molecule has 0 atom stereocenters. The Bertz CT molecular complexity index is 625. The maximum atomic E-state index is 5.76. The zero-order valence-electron chi connectivity index (χ0n) is 16.3. The van der Waals surface area contributed by atoms with Crippen LogP contribution in [-0.4, -0.2) is 84.0 Å². The van der Waals surface area contributed by atoms with Gasteiger partial charge in [0.2, 0.25) is 0 Å². The highest BCUT2D eigenvalue weighted by molar-refractivity contribution is 5.39. The predicted molar refractivity (Wildman–Crippen MR) is 103 cm³/mol. The number of ether oxygens (including phenoxy) is 6. The summed E-state index contributed by atoms with van der Waals surface area (Å²) in [5, 5.41) is 0. The van der Waals surface area contributed by atoms with Crippen molar-refractivity contribution in [3.05, 3.63) is 35.5 Å². The Morgan fingerprint density at radius 1 is 0.786 bits per heavy atom. The first-order valence-corrected chi connectivity index (χ1v) is 9.85. The van der Waals surface area contributed by atoms with Crippen LogP contribution in [0.15, 0.2) is 35.5 Å². The van der Waals surface area contributed by atoms with E-state index in [2.05, 4.69) is 16.7 Å². The number of rotatable bonds is 1. The minimum atomic E-state index is 0.468. The lowest BCUT2D eigenvalue weighted by Crippen LogP contribution is -2.36. The van der Waals surface area contributed by atoms with Crippen LogP contribution in [0.25, 0.3) is 0 Å². The summed E-state index contributed by atoms with van der Waals surface area (Å²) in [6.07, 6.45) is 6.13. The molecule has 0 spiro atoms. The highest BCUT2D eigenvalue weighted by Crippen LogP contribution is 2.19. The molecule has 3 rings (SSSR count). The molecule has 0 saturated carbocycles. The standard InChI is InChI=1S/C21H29NO6/c1(6-22-7-10-24-11-8-22)2-19-3-4-20-21(28-17-16-27-20)5-9-23-12-13-25-14-15-26-18-19/h3-4,18H,5-17H2/b4-3-,19-18-. The third-order valence-electron chi connectivity index (χ3n) is 4.35. The van der Waals surface area contributed by atoms with Gasteiger partial charge in [0.25, 0.3) is 0 Å². The number of morpholine rings is 1. The average molecular weight is 391 g/mol. The van der Waals surface area contributed by atoms with Crippen LogP contribution < -0.4 is 0 Å². The Balaban J connectivity index is 1.68. The van der Waals surface area contributed by atoms with E-state index in [1.807, 2.05) is 12.2 Å². The van der Waals surface area contributed by atoms with Gasteiger partial charge in [-0.1, -0.05) is 11.8 Å². The molecule has 0 amide bonds. The molecule has 0 aromatic rings. The lowest BCUT2D eigenvalue weighted by molar-refractivity contribution is 0.0215. The summed E-state index contributed by atoms with van der Waals surface area (Å²) in [7, 11) is 0. The molecule has 1 fully saturated rings. The van der Waals surface area contributed by atoms with Crippen LogP contribution in [0.5, 0.6) is 0 Å². The summed E-state index contributed by atoms with van der Waals surface area (Å²) < 4.78 is 33.6. The SMILES string of the molecule is C(#CC1=C/OCCOCCOCCC2=C(/C=C\1)OCCO2)CN1CCOCC1. The van der Waals surface area contributed by atoms with E-state index >= 15 is 0 Å². The van der Waals surface area contributed by atoms with Gasteiger partial charge in [-0.3, -0.25) is 4.90 Å². The first kappa shape index (κ1) is 20.7. The topological polar surface area (TPSA) is 58.6 Å². The van der Waals surface area contributed by atoms with Crippen molar-refractivity contribution in [2.24, 2.45) is 0 Å². The number of allylic oxidation sites excluding steroid dienone is 3. The van der Waals surface area contributed by atoms with Crippen LogP contribution in [0, 0.1) is 11.8 Å². The van der Waals surface area contributed by atoms with Crippen LogP contribution in [0.3, 0.4) is 0 Å². The first-order valence-electron chi connectivity index (χ1n) is 9.85. The molecule has 1 saturated heterocycles. The molecule has 3 aliphatic heterocycles. The fraction of sp³-hybridized carbons (Fsp3) is 0.619. The van der Waals surface area contributed by atoms with Crippen LogP contribution in [0.2, 0.25) is 0 Å². The highest BCUT2D eigenvalue weighted by Gasteiger charge is 2.13. The van der Waals surface area contributed by atoms with Crippen molar-refractivity contribution in [1.82, 2.24) is 4.90 Å². The fourth-order valence-electron chi connectivity index (χ4n) is 2.84. The number of hydrogen-bond acceptors (Lipinski definition) is 7. The monoisotopic (exact) mass is 391 g/mol. The van der Waals surface area contributed by atoms with Gasteiger partial charge in [0.1, 0.15) is 25.6 Å². The summed E-state index contributed by atoms with van der Waals surface area (Å²) >= 11 is 0. The number of hydrogen-bond donors (Lipinski definition) is 0. The van der Waals surface area contributed by atoms with E-state index in [-0.39, 0.29) is 0 Å². The Morgan fingerprint density at radius 2 is 1.54 bits per heavy atom. The van der Waals surface area contributed by atoms with E-state index < -0.39 is 0 Å². The molecular weight excluding hydrogens is 362 g/mol. The van der Waals surface area contributed by atoms with Gasteiger partial charge in [-0.2, -0.15) is 0 Å². The van der Waals surface area contributed by atoms with Gasteiger partial charge in [0.15, 0.2) is 5.76 Å². The third kappa shape index (κ3) is 7.56. The molecule has 0 aromatic carbocycles. The van der Waals surface area contributed by atoms with E-state index in [4.69, 9.17) is 28.4 Å². The maximum Gasteiger partial charge on any atom is 0.157 e. The molecule has 0 radical (unpaired) electrons. The van der Waals surface area contributed by atoms with Crippen LogP contribution >= 0.6 is 0 Å². The van der Waals surface area contributed by atoms with Gasteiger partial charge < -0.3 is 28.4 Å². The molecule has 0 N–H and O–H groups in total. The molecule has 154 valence electrons. The summed E-state index contributed by atoms with van der Waals surface area (Å²) in [6, 6.07) is 0. The van der Waals surface area contributed by atoms with Gasteiger partial charge in [-0.25, -0.2) is 0 Å². The lowest BCUT2D eigenvalue weighted by Gasteiger charge is -2.24. The van der Waals surface area contributed by atoms with Crippen molar-refractivity contribution in [3.63, 3.8) is 0 Å². The largest absolute Gasteiger partial charge is 0.497 e. The second-order valence-electron chi connectivity index (χ2n) is 6.43. The second kappa shape index (κ2) is 12.5. The molecule has 0 aromatic heterocycles. The van der Waals surface area contributed by atoms with Crippen LogP contribution in [0.1, 0.15) is 6.42 Å². The first-order chi connectivity index (χ1) is 13.9. The highest BCUT2D eigenvalue weighted by atomic mass is 16.6. The van der Waals surface area contributed by atoms with Crippen molar-refractivity contribution < 1.29 is 28.4 Å². The Kier molecular flexibility index (Phi) is 9.24.